The van der Waals surface area contributed by atoms with Crippen LogP contribution < -0.4 is 10.6 Å². The molecule has 0 atom stereocenters. The predicted molar refractivity (Wildman–Crippen MR) is 73.1 cm³/mol. The van der Waals surface area contributed by atoms with Gasteiger partial charge in [0.05, 0.1) is 0 Å². The highest BCUT2D eigenvalue weighted by atomic mass is 16.1. The summed E-state index contributed by atoms with van der Waals surface area (Å²) in [5.74, 6) is 0.511. The molecule has 0 unspecified atom stereocenters. The molecule has 5 nitrogen and oxygen atoms in total. The third kappa shape index (κ3) is 2.37. The van der Waals surface area contributed by atoms with Crippen molar-refractivity contribution in [1.82, 2.24) is 15.5 Å². The van der Waals surface area contributed by atoms with Crippen LogP contribution in [0.15, 0.2) is 24.3 Å². The number of aromatic nitrogens is 2. The van der Waals surface area contributed by atoms with E-state index in [4.69, 9.17) is 0 Å². The summed E-state index contributed by atoms with van der Waals surface area (Å²) in [4.78, 5) is 12.2. The van der Waals surface area contributed by atoms with Crippen LogP contribution in [0.2, 0.25) is 0 Å². The Morgan fingerprint density at radius 1 is 1.42 bits per heavy atom. The topological polar surface area (TPSA) is 69.8 Å². The monoisotopic (exact) mass is 256 g/mol. The smallest absolute Gasteiger partial charge is 0.256 e. The van der Waals surface area contributed by atoms with Gasteiger partial charge in [-0.25, -0.2) is 0 Å². The van der Waals surface area contributed by atoms with Gasteiger partial charge in [-0.3, -0.25) is 9.89 Å². The van der Waals surface area contributed by atoms with E-state index in [1.165, 1.54) is 0 Å². The molecule has 1 aromatic heterocycles. The number of nitrogens with one attached hydrogen (secondary N) is 3. The number of carbonyl (C=O) groups is 1. The van der Waals surface area contributed by atoms with Crippen LogP contribution in [0, 0.1) is 6.92 Å². The van der Waals surface area contributed by atoms with Gasteiger partial charge in [-0.2, -0.15) is 5.10 Å². The van der Waals surface area contributed by atoms with Crippen molar-refractivity contribution >= 4 is 11.7 Å². The molecule has 98 valence electrons. The largest absolute Gasteiger partial charge is 0.312 e. The molecule has 0 fully saturated rings. The molecular weight excluding hydrogens is 240 g/mol. The quantitative estimate of drug-likeness (QED) is 0.764. The molecule has 0 saturated heterocycles. The second-order valence-corrected chi connectivity index (χ2v) is 4.78. The van der Waals surface area contributed by atoms with Crippen LogP contribution in [0.4, 0.5) is 5.82 Å². The molecule has 0 bridgehead atoms. The second kappa shape index (κ2) is 4.85. The van der Waals surface area contributed by atoms with Crippen molar-refractivity contribution in [3.63, 3.8) is 0 Å². The number of aromatic amines is 1. The Hall–Kier alpha value is -2.14. The standard InChI is InChI=1S/C14H16N4O/c1-9-3-2-4-10(7-9)14(19)16-13-11-8-15-6-5-12(11)17-18-13/h2-4,7,15H,5-6,8H2,1H3,(H2,16,17,18,19). The molecular formula is C14H16N4O. The number of carbonyl (C=O) groups excluding carboxylic acids is 1. The molecule has 2 heterocycles. The molecule has 3 N–H and O–H groups in total. The molecule has 1 aliphatic rings. The van der Waals surface area contributed by atoms with E-state index >= 15 is 0 Å². The summed E-state index contributed by atoms with van der Waals surface area (Å²) >= 11 is 0. The van der Waals surface area contributed by atoms with Crippen LogP contribution >= 0.6 is 0 Å². The molecule has 0 spiro atoms. The maximum Gasteiger partial charge on any atom is 0.256 e. The number of hydrogen-bond donors (Lipinski definition) is 3. The predicted octanol–water partition coefficient (Wildman–Crippen LogP) is 1.62. The van der Waals surface area contributed by atoms with Gasteiger partial charge in [-0.15, -0.1) is 0 Å². The van der Waals surface area contributed by atoms with E-state index < -0.39 is 0 Å². The fourth-order valence-corrected chi connectivity index (χ4v) is 2.29. The first-order valence-electron chi connectivity index (χ1n) is 6.39. The second-order valence-electron chi connectivity index (χ2n) is 4.78. The number of fused-ring (bicyclic) bond motifs is 1. The molecule has 0 radical (unpaired) electrons. The fourth-order valence-electron chi connectivity index (χ4n) is 2.29. The lowest BCUT2D eigenvalue weighted by Crippen LogP contribution is -2.24. The van der Waals surface area contributed by atoms with E-state index in [9.17, 15) is 4.79 Å². The van der Waals surface area contributed by atoms with E-state index in [1.54, 1.807) is 6.07 Å². The number of H-pyrrole nitrogens is 1. The summed E-state index contributed by atoms with van der Waals surface area (Å²) in [6.07, 6.45) is 0.919. The maximum absolute atomic E-state index is 12.2. The SMILES string of the molecule is Cc1cccc(C(=O)Nc2n[nH]c3c2CNCC3)c1. The van der Waals surface area contributed by atoms with Crippen LogP contribution in [0.1, 0.15) is 27.2 Å². The zero-order valence-corrected chi connectivity index (χ0v) is 10.8. The summed E-state index contributed by atoms with van der Waals surface area (Å²) in [6, 6.07) is 7.52. The van der Waals surface area contributed by atoms with E-state index in [0.29, 0.717) is 11.4 Å². The molecule has 1 aromatic carbocycles. The van der Waals surface area contributed by atoms with Gasteiger partial charge in [0, 0.05) is 36.3 Å². The minimum Gasteiger partial charge on any atom is -0.312 e. The number of anilines is 1. The van der Waals surface area contributed by atoms with Crippen molar-refractivity contribution < 1.29 is 4.79 Å². The number of rotatable bonds is 2. The summed E-state index contributed by atoms with van der Waals surface area (Å²) in [7, 11) is 0. The maximum atomic E-state index is 12.2. The number of nitrogens with zero attached hydrogens (tertiary/aromatic N) is 1. The normalized spacial score (nSPS) is 13.9. The number of hydrogen-bond acceptors (Lipinski definition) is 3. The van der Waals surface area contributed by atoms with Crippen LogP contribution in [0.5, 0.6) is 0 Å². The molecule has 1 amide bonds. The highest BCUT2D eigenvalue weighted by Crippen LogP contribution is 2.20. The first-order valence-corrected chi connectivity index (χ1v) is 6.39. The lowest BCUT2D eigenvalue weighted by atomic mass is 10.1. The number of benzene rings is 1. The first kappa shape index (κ1) is 11.9. The van der Waals surface area contributed by atoms with E-state index in [0.717, 1.165) is 36.3 Å². The van der Waals surface area contributed by atoms with Crippen molar-refractivity contribution in [2.75, 3.05) is 11.9 Å². The summed E-state index contributed by atoms with van der Waals surface area (Å²) in [6.45, 7) is 3.66. The third-order valence-electron chi connectivity index (χ3n) is 3.32. The molecule has 0 saturated carbocycles. The van der Waals surface area contributed by atoms with Gasteiger partial charge in [-0.05, 0) is 19.1 Å². The van der Waals surface area contributed by atoms with Crippen LogP contribution in [-0.2, 0) is 13.0 Å². The average Bonchev–Trinajstić information content (AvgIpc) is 2.82. The highest BCUT2D eigenvalue weighted by molar-refractivity contribution is 6.04. The van der Waals surface area contributed by atoms with Gasteiger partial charge in [0.25, 0.3) is 5.91 Å². The molecule has 0 aliphatic carbocycles. The molecule has 1 aliphatic heterocycles. The minimum atomic E-state index is -0.122. The summed E-state index contributed by atoms with van der Waals surface area (Å²) < 4.78 is 0. The Balaban J connectivity index is 1.82. The Labute approximate surface area is 111 Å². The first-order chi connectivity index (χ1) is 9.24. The Morgan fingerprint density at radius 2 is 2.32 bits per heavy atom. The fraction of sp³-hybridized carbons (Fsp3) is 0.286. The van der Waals surface area contributed by atoms with Crippen molar-refractivity contribution in [2.24, 2.45) is 0 Å². The van der Waals surface area contributed by atoms with E-state index in [2.05, 4.69) is 20.8 Å². The zero-order chi connectivity index (χ0) is 13.2. The van der Waals surface area contributed by atoms with Crippen molar-refractivity contribution in [3.05, 3.63) is 46.6 Å². The van der Waals surface area contributed by atoms with Crippen LogP contribution in [0.25, 0.3) is 0 Å². The molecule has 19 heavy (non-hydrogen) atoms. The van der Waals surface area contributed by atoms with Gasteiger partial charge in [0.1, 0.15) is 0 Å². The Morgan fingerprint density at radius 3 is 3.16 bits per heavy atom. The van der Waals surface area contributed by atoms with Crippen LogP contribution in [0.3, 0.4) is 0 Å². The number of amides is 1. The number of aryl methyl sites for hydroxylation is 1. The van der Waals surface area contributed by atoms with Gasteiger partial charge in [0.2, 0.25) is 0 Å². The molecule has 5 heteroatoms. The van der Waals surface area contributed by atoms with E-state index in [-0.39, 0.29) is 5.91 Å². The Kier molecular flexibility index (Phi) is 3.05. The molecule has 2 aromatic rings. The summed E-state index contributed by atoms with van der Waals surface area (Å²) in [5, 5.41) is 13.3. The van der Waals surface area contributed by atoms with Crippen molar-refractivity contribution in [3.8, 4) is 0 Å². The lowest BCUT2D eigenvalue weighted by molar-refractivity contribution is 0.102. The van der Waals surface area contributed by atoms with Crippen molar-refractivity contribution in [2.45, 2.75) is 19.9 Å². The van der Waals surface area contributed by atoms with Gasteiger partial charge in [0.15, 0.2) is 5.82 Å². The highest BCUT2D eigenvalue weighted by Gasteiger charge is 2.18. The van der Waals surface area contributed by atoms with Gasteiger partial charge in [-0.1, -0.05) is 17.7 Å². The van der Waals surface area contributed by atoms with E-state index in [1.807, 2.05) is 25.1 Å². The zero-order valence-electron chi connectivity index (χ0n) is 10.8. The van der Waals surface area contributed by atoms with Gasteiger partial charge >= 0.3 is 0 Å². The van der Waals surface area contributed by atoms with Crippen molar-refractivity contribution in [1.29, 1.82) is 0 Å². The molecule has 3 rings (SSSR count). The van der Waals surface area contributed by atoms with Gasteiger partial charge < -0.3 is 10.6 Å². The third-order valence-corrected chi connectivity index (χ3v) is 3.32. The lowest BCUT2D eigenvalue weighted by Gasteiger charge is -2.13. The van der Waals surface area contributed by atoms with Crippen LogP contribution in [-0.4, -0.2) is 22.6 Å². The Bertz CT molecular complexity index is 618. The minimum absolute atomic E-state index is 0.122. The summed E-state index contributed by atoms with van der Waals surface area (Å²) in [5.41, 5.74) is 3.89. The average molecular weight is 256 g/mol.